The Morgan fingerprint density at radius 1 is 1.22 bits per heavy atom. The van der Waals surface area contributed by atoms with Crippen molar-refractivity contribution < 1.29 is 4.74 Å². The van der Waals surface area contributed by atoms with E-state index in [-0.39, 0.29) is 0 Å². The van der Waals surface area contributed by atoms with E-state index in [2.05, 4.69) is 18.2 Å². The van der Waals surface area contributed by atoms with Gasteiger partial charge in [-0.2, -0.15) is 0 Å². The minimum absolute atomic E-state index is 0.602. The fraction of sp³-hybridized carbons (Fsp3) is 0.267. The molecule has 0 atom stereocenters. The predicted octanol–water partition coefficient (Wildman–Crippen LogP) is 2.93. The standard InChI is InChI=1S/C15H18N2O/c1-17(2)15(16)9-12-6-4-5-11-7-8-13(18-3)10-14(11)12/h4-8,10,16H,9H2,1-3H3. The first-order chi connectivity index (χ1) is 8.61. The summed E-state index contributed by atoms with van der Waals surface area (Å²) in [5, 5.41) is 10.3. The van der Waals surface area contributed by atoms with Gasteiger partial charge < -0.3 is 9.64 Å². The van der Waals surface area contributed by atoms with Gasteiger partial charge in [0.15, 0.2) is 0 Å². The highest BCUT2D eigenvalue weighted by Gasteiger charge is 2.06. The predicted molar refractivity (Wildman–Crippen MR) is 75.6 cm³/mol. The van der Waals surface area contributed by atoms with Gasteiger partial charge in [0.05, 0.1) is 12.9 Å². The third-order valence-electron chi connectivity index (χ3n) is 3.08. The van der Waals surface area contributed by atoms with Crippen LogP contribution in [0, 0.1) is 5.41 Å². The van der Waals surface area contributed by atoms with E-state index in [4.69, 9.17) is 10.1 Å². The fourth-order valence-corrected chi connectivity index (χ4v) is 1.94. The molecule has 0 bridgehead atoms. The molecule has 0 aliphatic carbocycles. The molecule has 0 saturated heterocycles. The molecule has 18 heavy (non-hydrogen) atoms. The molecule has 0 amide bonds. The third kappa shape index (κ3) is 2.45. The fourth-order valence-electron chi connectivity index (χ4n) is 1.94. The van der Waals surface area contributed by atoms with Gasteiger partial charge in [0.2, 0.25) is 0 Å². The van der Waals surface area contributed by atoms with Crippen LogP contribution in [0.3, 0.4) is 0 Å². The van der Waals surface area contributed by atoms with Gasteiger partial charge in [-0.3, -0.25) is 5.41 Å². The number of nitrogens with one attached hydrogen (secondary N) is 1. The van der Waals surface area contributed by atoms with E-state index >= 15 is 0 Å². The van der Waals surface area contributed by atoms with Crippen LogP contribution in [-0.4, -0.2) is 31.9 Å². The molecule has 0 heterocycles. The lowest BCUT2D eigenvalue weighted by atomic mass is 10.0. The number of hydrogen-bond acceptors (Lipinski definition) is 2. The average Bonchev–Trinajstić information content (AvgIpc) is 2.38. The van der Waals surface area contributed by atoms with E-state index in [1.54, 1.807) is 7.11 Å². The van der Waals surface area contributed by atoms with Gasteiger partial charge in [-0.1, -0.05) is 24.3 Å². The van der Waals surface area contributed by atoms with Crippen LogP contribution >= 0.6 is 0 Å². The lowest BCUT2D eigenvalue weighted by molar-refractivity contribution is 0.415. The van der Waals surface area contributed by atoms with Crippen LogP contribution in [0.25, 0.3) is 10.8 Å². The second-order valence-corrected chi connectivity index (χ2v) is 4.52. The first-order valence-corrected chi connectivity index (χ1v) is 5.92. The SMILES string of the molecule is COc1ccc2cccc(CC(=N)N(C)C)c2c1. The van der Waals surface area contributed by atoms with Gasteiger partial charge in [0, 0.05) is 20.5 Å². The minimum atomic E-state index is 0.602. The Hall–Kier alpha value is -2.03. The quantitative estimate of drug-likeness (QED) is 0.663. The van der Waals surface area contributed by atoms with Crippen molar-refractivity contribution in [1.82, 2.24) is 4.90 Å². The topological polar surface area (TPSA) is 36.3 Å². The molecule has 0 fully saturated rings. The van der Waals surface area contributed by atoms with E-state index in [0.717, 1.165) is 16.7 Å². The smallest absolute Gasteiger partial charge is 0.119 e. The van der Waals surface area contributed by atoms with E-state index in [1.165, 1.54) is 5.39 Å². The molecule has 0 aromatic heterocycles. The molecule has 0 unspecified atom stereocenters. The average molecular weight is 242 g/mol. The normalized spacial score (nSPS) is 10.4. The first-order valence-electron chi connectivity index (χ1n) is 5.92. The van der Waals surface area contributed by atoms with Crippen LogP contribution in [0.15, 0.2) is 36.4 Å². The number of methoxy groups -OCH3 is 1. The molecule has 0 aliphatic heterocycles. The van der Waals surface area contributed by atoms with Crippen LogP contribution in [0.1, 0.15) is 5.56 Å². The summed E-state index contributed by atoms with van der Waals surface area (Å²) in [6.07, 6.45) is 0.636. The molecule has 2 aromatic rings. The summed E-state index contributed by atoms with van der Waals surface area (Å²) >= 11 is 0. The Kier molecular flexibility index (Phi) is 3.51. The van der Waals surface area contributed by atoms with Crippen LogP contribution in [0.2, 0.25) is 0 Å². The van der Waals surface area contributed by atoms with Crippen LogP contribution < -0.4 is 4.74 Å². The number of likely N-dealkylation sites (N-methyl/N-ethyl adjacent to an activating group) is 1. The number of benzene rings is 2. The zero-order chi connectivity index (χ0) is 13.1. The second-order valence-electron chi connectivity index (χ2n) is 4.52. The minimum Gasteiger partial charge on any atom is -0.497 e. The maximum atomic E-state index is 7.95. The molecular weight excluding hydrogens is 224 g/mol. The Balaban J connectivity index is 2.46. The third-order valence-corrected chi connectivity index (χ3v) is 3.08. The van der Waals surface area contributed by atoms with Crippen LogP contribution in [0.5, 0.6) is 5.75 Å². The van der Waals surface area contributed by atoms with Crippen molar-refractivity contribution in [3.05, 3.63) is 42.0 Å². The number of rotatable bonds is 3. The summed E-state index contributed by atoms with van der Waals surface area (Å²) < 4.78 is 5.27. The second kappa shape index (κ2) is 5.08. The van der Waals surface area contributed by atoms with Crippen molar-refractivity contribution in [3.8, 4) is 5.75 Å². The van der Waals surface area contributed by atoms with E-state index < -0.39 is 0 Å². The molecule has 0 aliphatic rings. The van der Waals surface area contributed by atoms with Crippen molar-refractivity contribution in [2.24, 2.45) is 0 Å². The molecule has 3 nitrogen and oxygen atoms in total. The summed E-state index contributed by atoms with van der Waals surface area (Å²) in [4.78, 5) is 1.83. The monoisotopic (exact) mass is 242 g/mol. The van der Waals surface area contributed by atoms with E-state index in [0.29, 0.717) is 12.3 Å². The van der Waals surface area contributed by atoms with Gasteiger partial charge in [-0.05, 0) is 28.5 Å². The van der Waals surface area contributed by atoms with Gasteiger partial charge in [-0.25, -0.2) is 0 Å². The molecule has 0 radical (unpaired) electrons. The number of fused-ring (bicyclic) bond motifs is 1. The molecule has 3 heteroatoms. The molecule has 0 saturated carbocycles. The summed E-state index contributed by atoms with van der Waals surface area (Å²) in [5.41, 5.74) is 1.16. The number of nitrogens with zero attached hydrogens (tertiary/aromatic N) is 1. The number of amidine groups is 1. The largest absolute Gasteiger partial charge is 0.497 e. The van der Waals surface area contributed by atoms with Crippen LogP contribution in [0.4, 0.5) is 0 Å². The van der Waals surface area contributed by atoms with Crippen molar-refractivity contribution in [2.75, 3.05) is 21.2 Å². The van der Waals surface area contributed by atoms with Crippen molar-refractivity contribution >= 4 is 16.6 Å². The Morgan fingerprint density at radius 2 is 2.00 bits per heavy atom. The van der Waals surface area contributed by atoms with Gasteiger partial charge in [0.1, 0.15) is 5.75 Å². The molecular formula is C15H18N2O. The van der Waals surface area contributed by atoms with Gasteiger partial charge in [0.25, 0.3) is 0 Å². The Bertz CT molecular complexity index is 576. The van der Waals surface area contributed by atoms with Crippen LogP contribution in [-0.2, 0) is 6.42 Å². The van der Waals surface area contributed by atoms with Gasteiger partial charge in [-0.15, -0.1) is 0 Å². The molecule has 94 valence electrons. The lowest BCUT2D eigenvalue weighted by Gasteiger charge is -2.15. The Morgan fingerprint density at radius 3 is 2.67 bits per heavy atom. The molecule has 2 aromatic carbocycles. The molecule has 0 spiro atoms. The highest BCUT2D eigenvalue weighted by atomic mass is 16.5. The molecule has 2 rings (SSSR count). The number of hydrogen-bond donors (Lipinski definition) is 1. The zero-order valence-electron chi connectivity index (χ0n) is 11.0. The van der Waals surface area contributed by atoms with Crippen molar-refractivity contribution in [1.29, 1.82) is 5.41 Å². The zero-order valence-corrected chi connectivity index (χ0v) is 11.0. The Labute approximate surface area is 107 Å². The summed E-state index contributed by atoms with van der Waals surface area (Å²) in [7, 11) is 5.47. The summed E-state index contributed by atoms with van der Waals surface area (Å²) in [6.45, 7) is 0. The first kappa shape index (κ1) is 12.4. The maximum Gasteiger partial charge on any atom is 0.119 e. The van der Waals surface area contributed by atoms with Crippen molar-refractivity contribution in [3.63, 3.8) is 0 Å². The summed E-state index contributed by atoms with van der Waals surface area (Å²) in [6, 6.07) is 12.2. The van der Waals surface area contributed by atoms with E-state index in [1.807, 2.05) is 37.2 Å². The van der Waals surface area contributed by atoms with Gasteiger partial charge >= 0.3 is 0 Å². The number of ether oxygens (including phenoxy) is 1. The molecule has 1 N–H and O–H groups in total. The highest BCUT2D eigenvalue weighted by Crippen LogP contribution is 2.24. The summed E-state index contributed by atoms with van der Waals surface area (Å²) in [5.74, 6) is 1.46. The lowest BCUT2D eigenvalue weighted by Crippen LogP contribution is -2.22. The van der Waals surface area contributed by atoms with E-state index in [9.17, 15) is 0 Å². The van der Waals surface area contributed by atoms with Crippen molar-refractivity contribution in [2.45, 2.75) is 6.42 Å². The maximum absolute atomic E-state index is 7.95. The highest BCUT2D eigenvalue weighted by molar-refractivity contribution is 5.91.